The van der Waals surface area contributed by atoms with Crippen molar-refractivity contribution in [2.45, 2.75) is 25.4 Å². The molecule has 0 fully saturated rings. The number of rotatable bonds is 4. The summed E-state index contributed by atoms with van der Waals surface area (Å²) in [4.78, 5) is 2.37. The maximum absolute atomic E-state index is 4.52. The highest BCUT2D eigenvalue weighted by Crippen LogP contribution is 2.31. The second-order valence-corrected chi connectivity index (χ2v) is 6.56. The SMILES string of the molecule is CN1CCCC(NCCn2ncc3ccccc32)c2ccccc21. The topological polar surface area (TPSA) is 33.1 Å². The van der Waals surface area contributed by atoms with E-state index in [4.69, 9.17) is 0 Å². The average molecular weight is 320 g/mol. The van der Waals surface area contributed by atoms with Crippen LogP contribution in [0.4, 0.5) is 5.69 Å². The third-order valence-electron chi connectivity index (χ3n) is 4.98. The van der Waals surface area contributed by atoms with Crippen LogP contribution in [-0.2, 0) is 6.54 Å². The van der Waals surface area contributed by atoms with Crippen LogP contribution in [0, 0.1) is 0 Å². The summed E-state index contributed by atoms with van der Waals surface area (Å²) in [5, 5.41) is 9.48. The molecule has 124 valence electrons. The fourth-order valence-corrected chi connectivity index (χ4v) is 3.70. The van der Waals surface area contributed by atoms with Crippen molar-refractivity contribution in [3.8, 4) is 0 Å². The Labute approximate surface area is 143 Å². The monoisotopic (exact) mass is 320 g/mol. The van der Waals surface area contributed by atoms with Crippen LogP contribution in [0.1, 0.15) is 24.4 Å². The first-order chi connectivity index (χ1) is 11.8. The van der Waals surface area contributed by atoms with Crippen LogP contribution in [0.5, 0.6) is 0 Å². The Kier molecular flexibility index (Phi) is 4.22. The van der Waals surface area contributed by atoms with Gasteiger partial charge in [0.1, 0.15) is 0 Å². The van der Waals surface area contributed by atoms with Crippen LogP contribution in [-0.4, -0.2) is 29.9 Å². The first kappa shape index (κ1) is 15.2. The molecule has 1 aliphatic heterocycles. The van der Waals surface area contributed by atoms with Gasteiger partial charge in [0.05, 0.1) is 18.3 Å². The second kappa shape index (κ2) is 6.65. The van der Waals surface area contributed by atoms with Crippen molar-refractivity contribution in [3.05, 3.63) is 60.3 Å². The van der Waals surface area contributed by atoms with Crippen molar-refractivity contribution in [2.24, 2.45) is 0 Å². The minimum atomic E-state index is 0.424. The number of fused-ring (bicyclic) bond motifs is 2. The highest BCUT2D eigenvalue weighted by Gasteiger charge is 2.20. The van der Waals surface area contributed by atoms with E-state index < -0.39 is 0 Å². The molecule has 3 aromatic rings. The summed E-state index contributed by atoms with van der Waals surface area (Å²) < 4.78 is 2.09. The van der Waals surface area contributed by atoms with E-state index in [1.165, 1.54) is 35.0 Å². The van der Waals surface area contributed by atoms with Gasteiger partial charge >= 0.3 is 0 Å². The molecule has 0 saturated carbocycles. The van der Waals surface area contributed by atoms with Crippen LogP contribution in [0.2, 0.25) is 0 Å². The lowest BCUT2D eigenvalue weighted by Crippen LogP contribution is -2.25. The number of anilines is 1. The molecule has 1 N–H and O–H groups in total. The molecule has 4 nitrogen and oxygen atoms in total. The van der Waals surface area contributed by atoms with Crippen LogP contribution >= 0.6 is 0 Å². The molecule has 24 heavy (non-hydrogen) atoms. The number of benzene rings is 2. The van der Waals surface area contributed by atoms with Crippen LogP contribution < -0.4 is 10.2 Å². The summed E-state index contributed by atoms with van der Waals surface area (Å²) in [6.45, 7) is 2.94. The predicted octanol–water partition coefficient (Wildman–Crippen LogP) is 3.60. The first-order valence-corrected chi connectivity index (χ1v) is 8.77. The van der Waals surface area contributed by atoms with Gasteiger partial charge in [-0.2, -0.15) is 5.10 Å². The van der Waals surface area contributed by atoms with Crippen molar-refractivity contribution in [2.75, 3.05) is 25.0 Å². The van der Waals surface area contributed by atoms with E-state index in [2.05, 4.69) is 75.6 Å². The normalized spacial score (nSPS) is 17.7. The zero-order valence-corrected chi connectivity index (χ0v) is 14.2. The standard InChI is InChI=1S/C20H24N4/c1-23-13-6-9-18(17-8-3-5-11-20(17)23)21-12-14-24-19-10-4-2-7-16(19)15-22-24/h2-5,7-8,10-11,15,18,21H,6,9,12-14H2,1H3. The molecule has 2 aromatic carbocycles. The zero-order valence-electron chi connectivity index (χ0n) is 14.2. The van der Waals surface area contributed by atoms with E-state index in [9.17, 15) is 0 Å². The number of para-hydroxylation sites is 2. The van der Waals surface area contributed by atoms with E-state index in [-0.39, 0.29) is 0 Å². The Morgan fingerprint density at radius 2 is 1.96 bits per heavy atom. The van der Waals surface area contributed by atoms with E-state index in [0.29, 0.717) is 6.04 Å². The molecular formula is C20H24N4. The summed E-state index contributed by atoms with van der Waals surface area (Å²) in [7, 11) is 2.19. The maximum Gasteiger partial charge on any atom is 0.0682 e. The van der Waals surface area contributed by atoms with Gasteiger partial charge < -0.3 is 10.2 Å². The molecule has 1 unspecified atom stereocenters. The fraction of sp³-hybridized carbons (Fsp3) is 0.350. The molecule has 2 heterocycles. The molecule has 1 atom stereocenters. The Hall–Kier alpha value is -2.33. The summed E-state index contributed by atoms with van der Waals surface area (Å²) in [5.41, 5.74) is 3.99. The molecule has 1 aliphatic rings. The minimum absolute atomic E-state index is 0.424. The summed E-state index contributed by atoms with van der Waals surface area (Å²) >= 11 is 0. The van der Waals surface area contributed by atoms with Gasteiger partial charge in [0.15, 0.2) is 0 Å². The van der Waals surface area contributed by atoms with Gasteiger partial charge in [-0.25, -0.2) is 0 Å². The third-order valence-corrected chi connectivity index (χ3v) is 4.98. The van der Waals surface area contributed by atoms with Crippen LogP contribution in [0.25, 0.3) is 10.9 Å². The zero-order chi connectivity index (χ0) is 16.4. The number of hydrogen-bond acceptors (Lipinski definition) is 3. The molecule has 0 bridgehead atoms. The molecule has 0 radical (unpaired) electrons. The van der Waals surface area contributed by atoms with Gasteiger partial charge in [-0.1, -0.05) is 36.4 Å². The number of aromatic nitrogens is 2. The lowest BCUT2D eigenvalue weighted by atomic mass is 10.0. The fourth-order valence-electron chi connectivity index (χ4n) is 3.70. The largest absolute Gasteiger partial charge is 0.374 e. The molecule has 0 spiro atoms. The number of nitrogens with one attached hydrogen (secondary N) is 1. The summed E-state index contributed by atoms with van der Waals surface area (Å²) in [6, 6.07) is 17.6. The van der Waals surface area contributed by atoms with Crippen LogP contribution in [0.15, 0.2) is 54.7 Å². The Balaban J connectivity index is 1.47. The van der Waals surface area contributed by atoms with E-state index in [1.54, 1.807) is 0 Å². The van der Waals surface area contributed by atoms with Crippen molar-refractivity contribution >= 4 is 16.6 Å². The predicted molar refractivity (Wildman–Crippen MR) is 99.4 cm³/mol. The lowest BCUT2D eigenvalue weighted by Gasteiger charge is -2.22. The molecule has 1 aromatic heterocycles. The minimum Gasteiger partial charge on any atom is -0.374 e. The highest BCUT2D eigenvalue weighted by atomic mass is 15.3. The maximum atomic E-state index is 4.52. The van der Waals surface area contributed by atoms with E-state index >= 15 is 0 Å². The third kappa shape index (κ3) is 2.89. The second-order valence-electron chi connectivity index (χ2n) is 6.56. The van der Waals surface area contributed by atoms with Gasteiger partial charge in [0.25, 0.3) is 0 Å². The molecule has 0 amide bonds. The lowest BCUT2D eigenvalue weighted by molar-refractivity contribution is 0.467. The first-order valence-electron chi connectivity index (χ1n) is 8.77. The molecule has 0 saturated heterocycles. The molecule has 4 rings (SSSR count). The van der Waals surface area contributed by atoms with Gasteiger partial charge in [-0.3, -0.25) is 4.68 Å². The van der Waals surface area contributed by atoms with E-state index in [0.717, 1.165) is 19.6 Å². The quantitative estimate of drug-likeness (QED) is 0.797. The van der Waals surface area contributed by atoms with Gasteiger partial charge in [-0.05, 0) is 30.5 Å². The van der Waals surface area contributed by atoms with Crippen molar-refractivity contribution in [1.29, 1.82) is 0 Å². The van der Waals surface area contributed by atoms with Crippen molar-refractivity contribution in [3.63, 3.8) is 0 Å². The number of nitrogens with zero attached hydrogens (tertiary/aromatic N) is 3. The molecular weight excluding hydrogens is 296 g/mol. The van der Waals surface area contributed by atoms with Gasteiger partial charge in [0, 0.05) is 37.3 Å². The number of hydrogen-bond donors (Lipinski definition) is 1. The summed E-state index contributed by atoms with van der Waals surface area (Å²) in [6.07, 6.45) is 4.35. The average Bonchev–Trinajstić information content (AvgIpc) is 2.96. The van der Waals surface area contributed by atoms with Crippen molar-refractivity contribution < 1.29 is 0 Å². The van der Waals surface area contributed by atoms with Crippen molar-refractivity contribution in [1.82, 2.24) is 15.1 Å². The molecule has 0 aliphatic carbocycles. The Morgan fingerprint density at radius 1 is 1.12 bits per heavy atom. The van der Waals surface area contributed by atoms with E-state index in [1.807, 2.05) is 6.20 Å². The smallest absolute Gasteiger partial charge is 0.0682 e. The van der Waals surface area contributed by atoms with Crippen LogP contribution in [0.3, 0.4) is 0 Å². The summed E-state index contributed by atoms with van der Waals surface area (Å²) in [5.74, 6) is 0. The van der Waals surface area contributed by atoms with Gasteiger partial charge in [0.2, 0.25) is 0 Å². The highest BCUT2D eigenvalue weighted by molar-refractivity contribution is 5.78. The van der Waals surface area contributed by atoms with Gasteiger partial charge in [-0.15, -0.1) is 0 Å². The Bertz CT molecular complexity index is 823. The Morgan fingerprint density at radius 3 is 2.92 bits per heavy atom. The molecule has 4 heteroatoms.